The highest BCUT2D eigenvalue weighted by Gasteiger charge is 2.41. The number of halogens is 4. The van der Waals surface area contributed by atoms with Crippen LogP contribution in [0, 0.1) is 12.7 Å². The third-order valence-corrected chi connectivity index (χ3v) is 5.40. The summed E-state index contributed by atoms with van der Waals surface area (Å²) in [6, 6.07) is 9.03. The second-order valence-corrected chi connectivity index (χ2v) is 7.92. The molecule has 0 saturated carbocycles. The normalized spacial score (nSPS) is 12.4. The molecular formula is C19H17F4N3O2S. The molecule has 0 unspecified atom stereocenters. The first-order valence-corrected chi connectivity index (χ1v) is 10.1. The van der Waals surface area contributed by atoms with Crippen LogP contribution in [0.2, 0.25) is 0 Å². The second kappa shape index (κ2) is 7.27. The minimum Gasteiger partial charge on any atom is -0.260 e. The van der Waals surface area contributed by atoms with E-state index < -0.39 is 33.3 Å². The van der Waals surface area contributed by atoms with E-state index in [0.717, 1.165) is 10.7 Å². The lowest BCUT2D eigenvalue weighted by Crippen LogP contribution is -2.15. The van der Waals surface area contributed by atoms with Crippen LogP contribution < -0.4 is 5.14 Å². The summed E-state index contributed by atoms with van der Waals surface area (Å²) in [5, 5.41) is 9.27. The van der Waals surface area contributed by atoms with E-state index in [2.05, 4.69) is 5.10 Å². The van der Waals surface area contributed by atoms with Gasteiger partial charge >= 0.3 is 6.18 Å². The van der Waals surface area contributed by atoms with Crippen LogP contribution in [0.4, 0.5) is 17.6 Å². The lowest BCUT2D eigenvalue weighted by molar-refractivity contribution is -0.143. The fourth-order valence-electron chi connectivity index (χ4n) is 3.10. The lowest BCUT2D eigenvalue weighted by Gasteiger charge is -2.13. The molecule has 0 aliphatic heterocycles. The Kier molecular flexibility index (Phi) is 5.26. The zero-order valence-corrected chi connectivity index (χ0v) is 16.3. The van der Waals surface area contributed by atoms with E-state index in [9.17, 15) is 26.0 Å². The summed E-state index contributed by atoms with van der Waals surface area (Å²) < 4.78 is 80.7. The minimum atomic E-state index is -4.81. The Balaban J connectivity index is 2.47. The number of nitrogens with zero attached hydrogens (tertiary/aromatic N) is 2. The van der Waals surface area contributed by atoms with Crippen molar-refractivity contribution in [1.82, 2.24) is 9.78 Å². The monoisotopic (exact) mass is 427 g/mol. The Morgan fingerprint density at radius 3 is 2.34 bits per heavy atom. The van der Waals surface area contributed by atoms with Gasteiger partial charge < -0.3 is 0 Å². The molecule has 0 saturated heterocycles. The Morgan fingerprint density at radius 2 is 1.79 bits per heavy atom. The van der Waals surface area contributed by atoms with Crippen molar-refractivity contribution in [1.29, 1.82) is 0 Å². The van der Waals surface area contributed by atoms with Gasteiger partial charge in [-0.2, -0.15) is 18.3 Å². The molecule has 154 valence electrons. The molecule has 0 fully saturated rings. The largest absolute Gasteiger partial charge is 0.433 e. The van der Waals surface area contributed by atoms with E-state index >= 15 is 0 Å². The summed E-state index contributed by atoms with van der Waals surface area (Å²) in [7, 11) is -4.25. The van der Waals surface area contributed by atoms with Crippen molar-refractivity contribution in [2.24, 2.45) is 5.14 Å². The first-order valence-electron chi connectivity index (χ1n) is 8.52. The first-order chi connectivity index (χ1) is 13.4. The molecule has 0 aliphatic rings. The first kappa shape index (κ1) is 21.0. The van der Waals surface area contributed by atoms with E-state index in [1.807, 2.05) is 0 Å². The number of alkyl halides is 3. The lowest BCUT2D eigenvalue weighted by atomic mass is 9.97. The van der Waals surface area contributed by atoms with Crippen molar-refractivity contribution in [3.63, 3.8) is 0 Å². The number of hydrogen-bond acceptors (Lipinski definition) is 3. The Morgan fingerprint density at radius 1 is 1.14 bits per heavy atom. The highest BCUT2D eigenvalue weighted by Crippen LogP contribution is 2.44. The highest BCUT2D eigenvalue weighted by atomic mass is 32.2. The fourth-order valence-corrected chi connectivity index (χ4v) is 3.84. The maximum absolute atomic E-state index is 14.2. The summed E-state index contributed by atoms with van der Waals surface area (Å²) in [5.41, 5.74) is -1.65. The average Bonchev–Trinajstić information content (AvgIpc) is 3.03. The van der Waals surface area contributed by atoms with E-state index in [1.165, 1.54) is 50.2 Å². The van der Waals surface area contributed by atoms with E-state index in [0.29, 0.717) is 0 Å². The molecule has 1 aromatic heterocycles. The van der Waals surface area contributed by atoms with Crippen molar-refractivity contribution in [2.75, 3.05) is 0 Å². The number of nitrogens with two attached hydrogens (primary N) is 1. The zero-order chi connectivity index (χ0) is 21.6. The van der Waals surface area contributed by atoms with Crippen molar-refractivity contribution < 1.29 is 26.0 Å². The van der Waals surface area contributed by atoms with Gasteiger partial charge in [0.2, 0.25) is 10.0 Å². The van der Waals surface area contributed by atoms with Gasteiger partial charge in [0.05, 0.1) is 4.90 Å². The maximum atomic E-state index is 14.2. The Labute approximate surface area is 164 Å². The van der Waals surface area contributed by atoms with E-state index in [1.54, 1.807) is 0 Å². The van der Waals surface area contributed by atoms with Gasteiger partial charge in [-0.3, -0.25) is 4.68 Å². The Bertz CT molecular complexity index is 1180. The Hall–Kier alpha value is -2.72. The van der Waals surface area contributed by atoms with Crippen LogP contribution in [-0.2, 0) is 22.7 Å². The number of primary sulfonamides is 1. The van der Waals surface area contributed by atoms with Gasteiger partial charge in [-0.1, -0.05) is 30.3 Å². The number of rotatable bonds is 4. The number of aryl methyl sites for hydroxylation is 2. The highest BCUT2D eigenvalue weighted by molar-refractivity contribution is 7.89. The molecule has 0 spiro atoms. The quantitative estimate of drug-likeness (QED) is 0.629. The molecule has 2 aromatic carbocycles. The van der Waals surface area contributed by atoms with Crippen molar-refractivity contribution >= 4 is 10.0 Å². The number of hydrogen-bond donors (Lipinski definition) is 1. The van der Waals surface area contributed by atoms with Crippen molar-refractivity contribution in [3.05, 3.63) is 59.5 Å². The molecular weight excluding hydrogens is 410 g/mol. The van der Waals surface area contributed by atoms with Crippen LogP contribution in [0.5, 0.6) is 0 Å². The molecule has 3 aromatic rings. The molecule has 2 N–H and O–H groups in total. The smallest absolute Gasteiger partial charge is 0.260 e. The molecule has 5 nitrogen and oxygen atoms in total. The maximum Gasteiger partial charge on any atom is 0.433 e. The van der Waals surface area contributed by atoms with E-state index in [-0.39, 0.29) is 33.8 Å². The third kappa shape index (κ3) is 3.90. The van der Waals surface area contributed by atoms with Gasteiger partial charge in [0, 0.05) is 17.7 Å². The van der Waals surface area contributed by atoms with Gasteiger partial charge in [-0.05, 0) is 37.1 Å². The fraction of sp³-hybridized carbons (Fsp3) is 0.211. The number of sulfonamides is 1. The zero-order valence-electron chi connectivity index (χ0n) is 15.5. The van der Waals surface area contributed by atoms with Crippen LogP contribution in [0.1, 0.15) is 18.2 Å². The van der Waals surface area contributed by atoms with Crippen molar-refractivity contribution in [3.8, 4) is 22.4 Å². The van der Waals surface area contributed by atoms with Crippen LogP contribution in [0.15, 0.2) is 47.4 Å². The minimum absolute atomic E-state index is 0.0700. The third-order valence-electron chi connectivity index (χ3n) is 4.43. The molecule has 3 rings (SSSR count). The van der Waals surface area contributed by atoms with Gasteiger partial charge in [0.1, 0.15) is 11.5 Å². The van der Waals surface area contributed by atoms with Crippen LogP contribution in [0.25, 0.3) is 22.4 Å². The summed E-state index contributed by atoms with van der Waals surface area (Å²) in [6.07, 6.45) is -4.81. The average molecular weight is 427 g/mol. The van der Waals surface area contributed by atoms with Gasteiger partial charge in [-0.25, -0.2) is 17.9 Å². The summed E-state index contributed by atoms with van der Waals surface area (Å²) in [6.45, 7) is 2.82. The molecule has 0 atom stereocenters. The molecule has 0 amide bonds. The predicted molar refractivity (Wildman–Crippen MR) is 99.8 cm³/mol. The topological polar surface area (TPSA) is 78.0 Å². The number of aromatic nitrogens is 2. The number of benzene rings is 2. The summed E-state index contributed by atoms with van der Waals surface area (Å²) in [5.74, 6) is -0.689. The standard InChI is InChI=1S/C19H17F4N3O2S/c1-3-26-18(19(21,22)23)16(12-9-8-11(2)14(20)10-12)17(25-26)13-6-4-5-7-15(13)29(24,27)28/h4-10H,3H2,1-2H3,(H2,24,27,28). The van der Waals surface area contributed by atoms with Crippen molar-refractivity contribution in [2.45, 2.75) is 31.5 Å². The molecule has 1 heterocycles. The van der Waals surface area contributed by atoms with Crippen LogP contribution in [0.3, 0.4) is 0 Å². The van der Waals surface area contributed by atoms with Gasteiger partial charge in [0.15, 0.2) is 5.69 Å². The SMILES string of the molecule is CCn1nc(-c2ccccc2S(N)(=O)=O)c(-c2ccc(C)c(F)c2)c1C(F)(F)F. The molecule has 10 heteroatoms. The molecule has 29 heavy (non-hydrogen) atoms. The van der Waals surface area contributed by atoms with Crippen LogP contribution >= 0.6 is 0 Å². The van der Waals surface area contributed by atoms with Gasteiger partial charge in [-0.15, -0.1) is 0 Å². The predicted octanol–water partition coefficient (Wildman–Crippen LogP) is 4.35. The van der Waals surface area contributed by atoms with E-state index in [4.69, 9.17) is 5.14 Å². The molecule has 0 aliphatic carbocycles. The second-order valence-electron chi connectivity index (χ2n) is 6.39. The summed E-state index contributed by atoms with van der Waals surface area (Å²) in [4.78, 5) is -0.372. The summed E-state index contributed by atoms with van der Waals surface area (Å²) >= 11 is 0. The molecule has 0 bridgehead atoms. The van der Waals surface area contributed by atoms with Crippen LogP contribution in [-0.4, -0.2) is 18.2 Å². The molecule has 0 radical (unpaired) electrons. The van der Waals surface area contributed by atoms with Gasteiger partial charge in [0.25, 0.3) is 0 Å².